The summed E-state index contributed by atoms with van der Waals surface area (Å²) in [4.78, 5) is 12.9. The normalized spacial score (nSPS) is 26.6. The van der Waals surface area contributed by atoms with Gasteiger partial charge in [0.05, 0.1) is 17.6 Å². The number of fused-ring (bicyclic) bond motifs is 1. The number of Topliss-reactive ketones (excluding diaryl/α,β-unsaturated/α-hetero) is 1. The average Bonchev–Trinajstić information content (AvgIpc) is 2.58. The average molecular weight is 297 g/mol. The molecule has 3 heteroatoms. The van der Waals surface area contributed by atoms with Crippen molar-refractivity contribution in [3.8, 4) is 11.8 Å². The molecule has 116 valence electrons. The molecule has 0 aromatic heterocycles. The Kier molecular flexibility index (Phi) is 4.47. The fourth-order valence-electron chi connectivity index (χ4n) is 3.91. The minimum Gasteiger partial charge on any atom is -0.489 e. The lowest BCUT2D eigenvalue weighted by molar-refractivity contribution is 0.0308. The Morgan fingerprint density at radius 3 is 2.73 bits per heavy atom. The highest BCUT2D eigenvalue weighted by Gasteiger charge is 2.41. The minimum absolute atomic E-state index is 0.0569. The van der Waals surface area contributed by atoms with Crippen LogP contribution < -0.4 is 4.74 Å². The number of nitriles is 1. The number of hydrogen-bond acceptors (Lipinski definition) is 3. The molecule has 0 amide bonds. The van der Waals surface area contributed by atoms with Gasteiger partial charge in [-0.05, 0) is 44.2 Å². The maximum atomic E-state index is 12.9. The van der Waals surface area contributed by atoms with Gasteiger partial charge in [0.25, 0.3) is 0 Å². The van der Waals surface area contributed by atoms with Gasteiger partial charge in [0, 0.05) is 5.92 Å². The van der Waals surface area contributed by atoms with E-state index in [2.05, 4.69) is 6.07 Å². The number of nitrogens with zero attached hydrogens (tertiary/aromatic N) is 1. The number of ketones is 1. The van der Waals surface area contributed by atoms with Crippen LogP contribution in [-0.4, -0.2) is 11.9 Å². The van der Waals surface area contributed by atoms with Crippen molar-refractivity contribution in [3.05, 3.63) is 29.8 Å². The van der Waals surface area contributed by atoms with Crippen LogP contribution in [0, 0.1) is 29.1 Å². The molecule has 22 heavy (non-hydrogen) atoms. The van der Waals surface area contributed by atoms with Crippen LogP contribution in [0.2, 0.25) is 0 Å². The summed E-state index contributed by atoms with van der Waals surface area (Å²) in [6.45, 7) is 1.89. The van der Waals surface area contributed by atoms with Gasteiger partial charge in [-0.25, -0.2) is 0 Å². The largest absolute Gasteiger partial charge is 0.489 e. The highest BCUT2D eigenvalue weighted by atomic mass is 16.5. The summed E-state index contributed by atoms with van der Waals surface area (Å²) in [5.74, 6) is 1.05. The van der Waals surface area contributed by atoms with Gasteiger partial charge in [-0.3, -0.25) is 4.79 Å². The Bertz CT molecular complexity index is 583. The lowest BCUT2D eigenvalue weighted by Gasteiger charge is -2.39. The van der Waals surface area contributed by atoms with E-state index in [9.17, 15) is 4.79 Å². The Morgan fingerprint density at radius 1 is 1.27 bits per heavy atom. The molecule has 3 nitrogen and oxygen atoms in total. The summed E-state index contributed by atoms with van der Waals surface area (Å²) in [5.41, 5.74) is 0.685. The summed E-state index contributed by atoms with van der Waals surface area (Å²) >= 11 is 0. The lowest BCUT2D eigenvalue weighted by Crippen LogP contribution is -2.44. The number of carbonyl (C=O) groups excluding carboxylic acids is 1. The zero-order chi connectivity index (χ0) is 15.5. The van der Waals surface area contributed by atoms with Crippen LogP contribution in [0.4, 0.5) is 0 Å². The molecule has 0 bridgehead atoms. The molecular formula is C19H23NO2. The van der Waals surface area contributed by atoms with E-state index in [1.165, 1.54) is 19.3 Å². The van der Waals surface area contributed by atoms with E-state index in [0.717, 1.165) is 18.6 Å². The molecule has 3 unspecified atom stereocenters. The number of rotatable bonds is 3. The zero-order valence-corrected chi connectivity index (χ0v) is 13.1. The van der Waals surface area contributed by atoms with Crippen molar-refractivity contribution in [1.29, 1.82) is 5.26 Å². The Morgan fingerprint density at radius 2 is 2.00 bits per heavy atom. The second-order valence-electron chi connectivity index (χ2n) is 6.71. The smallest absolute Gasteiger partial charge is 0.173 e. The number of hydrogen-bond donors (Lipinski definition) is 0. The monoisotopic (exact) mass is 297 g/mol. The van der Waals surface area contributed by atoms with Crippen molar-refractivity contribution in [2.75, 3.05) is 0 Å². The molecule has 1 heterocycles. The van der Waals surface area contributed by atoms with Crippen LogP contribution in [0.15, 0.2) is 24.3 Å². The van der Waals surface area contributed by atoms with Gasteiger partial charge >= 0.3 is 0 Å². The minimum atomic E-state index is -0.173. The second-order valence-corrected chi connectivity index (χ2v) is 6.71. The maximum Gasteiger partial charge on any atom is 0.173 e. The van der Waals surface area contributed by atoms with Crippen molar-refractivity contribution in [1.82, 2.24) is 0 Å². The van der Waals surface area contributed by atoms with Crippen molar-refractivity contribution < 1.29 is 9.53 Å². The first-order valence-electron chi connectivity index (χ1n) is 8.40. The maximum absolute atomic E-state index is 12.9. The van der Waals surface area contributed by atoms with Gasteiger partial charge in [-0.1, -0.05) is 31.4 Å². The second kappa shape index (κ2) is 6.52. The van der Waals surface area contributed by atoms with Gasteiger partial charge in [0.15, 0.2) is 5.78 Å². The highest BCUT2D eigenvalue weighted by Crippen LogP contribution is 2.40. The summed E-state index contributed by atoms with van der Waals surface area (Å²) in [6, 6.07) is 9.81. The number of ether oxygens (including phenoxy) is 1. The summed E-state index contributed by atoms with van der Waals surface area (Å²) in [6.07, 6.45) is 6.55. The predicted molar refractivity (Wildman–Crippen MR) is 84.6 cm³/mol. The molecule has 2 aliphatic rings. The van der Waals surface area contributed by atoms with Gasteiger partial charge < -0.3 is 4.74 Å². The van der Waals surface area contributed by atoms with Crippen LogP contribution in [0.1, 0.15) is 55.8 Å². The molecule has 0 N–H and O–H groups in total. The molecule has 0 spiro atoms. The Balaban J connectivity index is 1.91. The fraction of sp³-hybridized carbons (Fsp3) is 0.579. The highest BCUT2D eigenvalue weighted by molar-refractivity contribution is 6.01. The first-order valence-corrected chi connectivity index (χ1v) is 8.40. The molecule has 3 atom stereocenters. The van der Waals surface area contributed by atoms with E-state index >= 15 is 0 Å². The molecule has 0 saturated heterocycles. The summed E-state index contributed by atoms with van der Waals surface area (Å²) in [5, 5.41) is 9.14. The first-order chi connectivity index (χ1) is 10.7. The molecule has 0 radical (unpaired) electrons. The van der Waals surface area contributed by atoms with Gasteiger partial charge in [-0.2, -0.15) is 5.26 Å². The van der Waals surface area contributed by atoms with Gasteiger partial charge in [-0.15, -0.1) is 0 Å². The molecule has 1 aliphatic heterocycles. The standard InChI is InChI=1S/C19H23NO2/c1-13(12-20)11-16-18(21)15-9-5-6-10-17(15)22-19(16)14-7-3-2-4-8-14/h5-6,9-10,13-14,16,19H,2-4,7-8,11H2,1H3. The molecule has 1 aromatic rings. The number of benzene rings is 1. The number of para-hydroxylation sites is 1. The van der Waals surface area contributed by atoms with E-state index in [1.807, 2.05) is 31.2 Å². The third-order valence-electron chi connectivity index (χ3n) is 5.09. The molecule has 1 aromatic carbocycles. The molecule has 1 fully saturated rings. The van der Waals surface area contributed by atoms with Crippen LogP contribution in [0.5, 0.6) is 5.75 Å². The Hall–Kier alpha value is -1.82. The molecule has 1 aliphatic carbocycles. The lowest BCUT2D eigenvalue weighted by atomic mass is 9.74. The fourth-order valence-corrected chi connectivity index (χ4v) is 3.91. The van der Waals surface area contributed by atoms with E-state index in [-0.39, 0.29) is 23.7 Å². The molecule has 3 rings (SSSR count). The van der Waals surface area contributed by atoms with Crippen molar-refractivity contribution in [2.24, 2.45) is 17.8 Å². The Labute approximate surface area is 132 Å². The van der Waals surface area contributed by atoms with Crippen LogP contribution in [-0.2, 0) is 0 Å². The van der Waals surface area contributed by atoms with E-state index in [4.69, 9.17) is 10.00 Å². The molecule has 1 saturated carbocycles. The summed E-state index contributed by atoms with van der Waals surface area (Å²) < 4.78 is 6.27. The first kappa shape index (κ1) is 15.1. The SMILES string of the molecule is CC(C#N)CC1C(=O)c2ccccc2OC1C1CCCCC1. The summed E-state index contributed by atoms with van der Waals surface area (Å²) in [7, 11) is 0. The van der Waals surface area contributed by atoms with Crippen LogP contribution >= 0.6 is 0 Å². The third-order valence-corrected chi connectivity index (χ3v) is 5.09. The van der Waals surface area contributed by atoms with E-state index < -0.39 is 0 Å². The van der Waals surface area contributed by atoms with Gasteiger partial charge in [0.2, 0.25) is 0 Å². The quantitative estimate of drug-likeness (QED) is 0.832. The third kappa shape index (κ3) is 2.88. The molecular weight excluding hydrogens is 274 g/mol. The predicted octanol–water partition coefficient (Wildman–Crippen LogP) is 4.38. The zero-order valence-electron chi connectivity index (χ0n) is 13.1. The van der Waals surface area contributed by atoms with E-state index in [0.29, 0.717) is 17.9 Å². The van der Waals surface area contributed by atoms with Gasteiger partial charge in [0.1, 0.15) is 11.9 Å². The van der Waals surface area contributed by atoms with E-state index in [1.54, 1.807) is 0 Å². The van der Waals surface area contributed by atoms with Crippen molar-refractivity contribution >= 4 is 5.78 Å². The van der Waals surface area contributed by atoms with Crippen molar-refractivity contribution in [2.45, 2.75) is 51.6 Å². The van der Waals surface area contributed by atoms with Crippen LogP contribution in [0.25, 0.3) is 0 Å². The van der Waals surface area contributed by atoms with Crippen molar-refractivity contribution in [3.63, 3.8) is 0 Å². The topological polar surface area (TPSA) is 50.1 Å². The number of carbonyl (C=O) groups is 1. The van der Waals surface area contributed by atoms with Crippen LogP contribution in [0.3, 0.4) is 0 Å².